The Morgan fingerprint density at radius 3 is 2.94 bits per heavy atom. The van der Waals surface area contributed by atoms with Crippen molar-refractivity contribution in [3.05, 3.63) is 41.2 Å². The standard InChI is InChI=1S/C14H20N2/c1-2-11-6-7-14(16-10-11)9-12-4-3-5-13(15)8-12/h6-8,10,13H,2-5,9,15H2,1H3. The Bertz CT molecular complexity index is 365. The van der Waals surface area contributed by atoms with Crippen LogP contribution >= 0.6 is 0 Å². The summed E-state index contributed by atoms with van der Waals surface area (Å²) in [7, 11) is 0. The number of nitrogens with zero attached hydrogens (tertiary/aromatic N) is 1. The number of hydrogen-bond acceptors (Lipinski definition) is 2. The third kappa shape index (κ3) is 2.92. The van der Waals surface area contributed by atoms with Crippen molar-refractivity contribution in [3.8, 4) is 0 Å². The summed E-state index contributed by atoms with van der Waals surface area (Å²) < 4.78 is 0. The van der Waals surface area contributed by atoms with E-state index in [9.17, 15) is 0 Å². The van der Waals surface area contributed by atoms with Crippen molar-refractivity contribution in [1.29, 1.82) is 0 Å². The smallest absolute Gasteiger partial charge is 0.0444 e. The van der Waals surface area contributed by atoms with E-state index in [4.69, 9.17) is 5.73 Å². The van der Waals surface area contributed by atoms with Crippen molar-refractivity contribution in [3.63, 3.8) is 0 Å². The first-order valence-corrected chi connectivity index (χ1v) is 6.17. The number of hydrogen-bond donors (Lipinski definition) is 1. The second-order valence-corrected chi connectivity index (χ2v) is 4.57. The molecule has 0 saturated carbocycles. The third-order valence-corrected chi connectivity index (χ3v) is 3.19. The van der Waals surface area contributed by atoms with Gasteiger partial charge in [0.2, 0.25) is 0 Å². The zero-order valence-corrected chi connectivity index (χ0v) is 9.95. The molecule has 86 valence electrons. The lowest BCUT2D eigenvalue weighted by Gasteiger charge is -2.17. The van der Waals surface area contributed by atoms with Crippen LogP contribution in [0.25, 0.3) is 0 Å². The van der Waals surface area contributed by atoms with Crippen LogP contribution in [0.1, 0.15) is 37.4 Å². The van der Waals surface area contributed by atoms with E-state index >= 15 is 0 Å². The fourth-order valence-electron chi connectivity index (χ4n) is 2.18. The SMILES string of the molecule is CCc1ccc(CC2=CC(N)CCC2)nc1. The van der Waals surface area contributed by atoms with E-state index < -0.39 is 0 Å². The van der Waals surface area contributed by atoms with Gasteiger partial charge >= 0.3 is 0 Å². The van der Waals surface area contributed by atoms with Crippen molar-refractivity contribution < 1.29 is 0 Å². The fourth-order valence-corrected chi connectivity index (χ4v) is 2.18. The molecule has 0 saturated heterocycles. The fraction of sp³-hybridized carbons (Fsp3) is 0.500. The quantitative estimate of drug-likeness (QED) is 0.789. The molecule has 2 N–H and O–H groups in total. The molecule has 2 rings (SSSR count). The maximum Gasteiger partial charge on any atom is 0.0444 e. The van der Waals surface area contributed by atoms with Crippen molar-refractivity contribution >= 4 is 0 Å². The van der Waals surface area contributed by atoms with Gasteiger partial charge < -0.3 is 5.73 Å². The number of nitrogens with two attached hydrogens (primary N) is 1. The number of aromatic nitrogens is 1. The van der Waals surface area contributed by atoms with E-state index in [0.717, 1.165) is 25.0 Å². The minimum absolute atomic E-state index is 0.263. The lowest BCUT2D eigenvalue weighted by Crippen LogP contribution is -2.20. The molecule has 0 aromatic carbocycles. The van der Waals surface area contributed by atoms with Gasteiger partial charge in [-0.2, -0.15) is 0 Å². The first-order valence-electron chi connectivity index (χ1n) is 6.17. The summed E-state index contributed by atoms with van der Waals surface area (Å²) in [5.74, 6) is 0. The average molecular weight is 216 g/mol. The number of rotatable bonds is 3. The summed E-state index contributed by atoms with van der Waals surface area (Å²) in [4.78, 5) is 4.49. The molecule has 0 amide bonds. The van der Waals surface area contributed by atoms with Gasteiger partial charge in [-0.25, -0.2) is 0 Å². The maximum atomic E-state index is 5.93. The van der Waals surface area contributed by atoms with E-state index in [0.29, 0.717) is 0 Å². The van der Waals surface area contributed by atoms with Gasteiger partial charge in [-0.15, -0.1) is 0 Å². The highest BCUT2D eigenvalue weighted by Crippen LogP contribution is 2.20. The minimum atomic E-state index is 0.263. The van der Waals surface area contributed by atoms with Gasteiger partial charge in [-0.3, -0.25) is 4.98 Å². The van der Waals surface area contributed by atoms with Crippen molar-refractivity contribution in [1.82, 2.24) is 4.98 Å². The summed E-state index contributed by atoms with van der Waals surface area (Å²) >= 11 is 0. The van der Waals surface area contributed by atoms with Crippen LogP contribution in [0, 0.1) is 0 Å². The highest BCUT2D eigenvalue weighted by molar-refractivity contribution is 5.21. The summed E-state index contributed by atoms with van der Waals surface area (Å²) in [6, 6.07) is 4.57. The van der Waals surface area contributed by atoms with Crippen LogP contribution in [-0.2, 0) is 12.8 Å². The Balaban J connectivity index is 2.03. The zero-order valence-electron chi connectivity index (χ0n) is 9.95. The second-order valence-electron chi connectivity index (χ2n) is 4.57. The summed E-state index contributed by atoms with van der Waals surface area (Å²) in [6.45, 7) is 2.15. The first kappa shape index (κ1) is 11.3. The van der Waals surface area contributed by atoms with Crippen LogP contribution < -0.4 is 5.73 Å². The second kappa shape index (κ2) is 5.26. The van der Waals surface area contributed by atoms with Gasteiger partial charge in [0.05, 0.1) is 0 Å². The van der Waals surface area contributed by atoms with Gasteiger partial charge in [0.25, 0.3) is 0 Å². The Kier molecular flexibility index (Phi) is 3.73. The van der Waals surface area contributed by atoms with Gasteiger partial charge in [-0.05, 0) is 37.3 Å². The number of aryl methyl sites for hydroxylation is 1. The minimum Gasteiger partial charge on any atom is -0.324 e. The summed E-state index contributed by atoms with van der Waals surface area (Å²) in [5.41, 5.74) is 9.85. The average Bonchev–Trinajstić information content (AvgIpc) is 2.30. The van der Waals surface area contributed by atoms with Crippen LogP contribution in [0.2, 0.25) is 0 Å². The Labute approximate surface area is 97.6 Å². The predicted molar refractivity (Wildman–Crippen MR) is 67.2 cm³/mol. The van der Waals surface area contributed by atoms with Crippen LogP contribution in [-0.4, -0.2) is 11.0 Å². The molecular formula is C14H20N2. The van der Waals surface area contributed by atoms with Crippen LogP contribution in [0.5, 0.6) is 0 Å². The molecule has 0 fully saturated rings. The number of allylic oxidation sites excluding steroid dienone is 1. The van der Waals surface area contributed by atoms with Gasteiger partial charge in [0.1, 0.15) is 0 Å². The lowest BCUT2D eigenvalue weighted by molar-refractivity contribution is 0.616. The molecule has 1 aliphatic rings. The molecule has 1 aromatic rings. The Hall–Kier alpha value is -1.15. The molecule has 16 heavy (non-hydrogen) atoms. The molecule has 0 aliphatic heterocycles. The molecule has 1 aliphatic carbocycles. The van der Waals surface area contributed by atoms with Crippen LogP contribution in [0.4, 0.5) is 0 Å². The highest BCUT2D eigenvalue weighted by atomic mass is 14.7. The largest absolute Gasteiger partial charge is 0.324 e. The summed E-state index contributed by atoms with van der Waals surface area (Å²) in [5, 5.41) is 0. The van der Waals surface area contributed by atoms with Crippen molar-refractivity contribution in [2.24, 2.45) is 5.73 Å². The van der Waals surface area contributed by atoms with Crippen molar-refractivity contribution in [2.75, 3.05) is 0 Å². The molecule has 2 heteroatoms. The van der Waals surface area contributed by atoms with E-state index in [1.54, 1.807) is 0 Å². The molecule has 2 nitrogen and oxygen atoms in total. The van der Waals surface area contributed by atoms with Gasteiger partial charge in [0.15, 0.2) is 0 Å². The zero-order chi connectivity index (χ0) is 11.4. The molecular weight excluding hydrogens is 196 g/mol. The predicted octanol–water partition coefficient (Wildman–Crippen LogP) is 2.62. The van der Waals surface area contributed by atoms with E-state index in [1.807, 2.05) is 6.20 Å². The molecule has 1 unspecified atom stereocenters. The van der Waals surface area contributed by atoms with E-state index in [-0.39, 0.29) is 6.04 Å². The van der Waals surface area contributed by atoms with Crippen LogP contribution in [0.15, 0.2) is 30.0 Å². The topological polar surface area (TPSA) is 38.9 Å². The molecule has 1 atom stereocenters. The Morgan fingerprint density at radius 1 is 1.44 bits per heavy atom. The molecule has 1 aromatic heterocycles. The molecule has 1 heterocycles. The number of pyridine rings is 1. The monoisotopic (exact) mass is 216 g/mol. The normalized spacial score (nSPS) is 20.6. The lowest BCUT2D eigenvalue weighted by atomic mass is 9.93. The maximum absolute atomic E-state index is 5.93. The van der Waals surface area contributed by atoms with Gasteiger partial charge in [-0.1, -0.05) is 24.6 Å². The molecule has 0 bridgehead atoms. The molecule has 0 spiro atoms. The highest BCUT2D eigenvalue weighted by Gasteiger charge is 2.10. The summed E-state index contributed by atoms with van der Waals surface area (Å²) in [6.07, 6.45) is 9.77. The molecule has 0 radical (unpaired) electrons. The Morgan fingerprint density at radius 2 is 2.31 bits per heavy atom. The third-order valence-electron chi connectivity index (χ3n) is 3.19. The van der Waals surface area contributed by atoms with E-state index in [2.05, 4.69) is 30.1 Å². The van der Waals surface area contributed by atoms with Crippen LogP contribution in [0.3, 0.4) is 0 Å². The first-order chi connectivity index (χ1) is 7.78. The van der Waals surface area contributed by atoms with Crippen molar-refractivity contribution in [2.45, 2.75) is 45.1 Å². The van der Waals surface area contributed by atoms with E-state index in [1.165, 1.54) is 24.0 Å². The van der Waals surface area contributed by atoms with Gasteiger partial charge in [0, 0.05) is 24.4 Å².